The third-order valence-corrected chi connectivity index (χ3v) is 10.3. The number of benzene rings is 6. The molecule has 0 aliphatic rings. The van der Waals surface area contributed by atoms with Crippen LogP contribution in [-0.2, 0) is 10.8 Å². The van der Waals surface area contributed by atoms with Gasteiger partial charge in [0.1, 0.15) is 5.58 Å². The van der Waals surface area contributed by atoms with Crippen LogP contribution in [0.3, 0.4) is 0 Å². The van der Waals surface area contributed by atoms with Gasteiger partial charge in [-0.15, -0.1) is 0 Å². The Morgan fingerprint density at radius 2 is 1.00 bits per heavy atom. The lowest BCUT2D eigenvalue weighted by Crippen LogP contribution is -2.10. The molecule has 3 heteroatoms. The van der Waals surface area contributed by atoms with Crippen molar-refractivity contribution in [2.75, 3.05) is 0 Å². The topological polar surface area (TPSA) is 23.0 Å². The van der Waals surface area contributed by atoms with E-state index in [1.165, 1.54) is 49.4 Å². The Labute approximate surface area is 287 Å². The van der Waals surface area contributed by atoms with E-state index >= 15 is 0 Å². The molecule has 0 aliphatic carbocycles. The zero-order valence-electron chi connectivity index (χ0n) is 29.0. The average Bonchev–Trinajstić information content (AvgIpc) is 3.74. The van der Waals surface area contributed by atoms with Gasteiger partial charge in [-0.1, -0.05) is 114 Å². The van der Waals surface area contributed by atoms with Crippen LogP contribution in [0.25, 0.3) is 77.3 Å². The molecule has 0 unspecified atom stereocenters. The van der Waals surface area contributed by atoms with Gasteiger partial charge in [0.25, 0.3) is 0 Å². The summed E-state index contributed by atoms with van der Waals surface area (Å²) in [5.41, 5.74) is 12.9. The summed E-state index contributed by atoms with van der Waals surface area (Å²) < 4.78 is 11.2. The maximum Gasteiger partial charge on any atom is 0.213 e. The van der Waals surface area contributed by atoms with Crippen LogP contribution in [0.1, 0.15) is 52.7 Å². The monoisotopic (exact) mass is 636 g/mol. The molecule has 49 heavy (non-hydrogen) atoms. The number of furan rings is 1. The van der Waals surface area contributed by atoms with E-state index < -0.39 is 0 Å². The first-order valence-electron chi connectivity index (χ1n) is 17.3. The van der Waals surface area contributed by atoms with Crippen molar-refractivity contribution < 1.29 is 4.42 Å². The first-order valence-corrected chi connectivity index (χ1v) is 17.3. The molecular formula is C46H40N2O. The number of aromatic nitrogens is 2. The third kappa shape index (κ3) is 4.63. The first-order chi connectivity index (χ1) is 23.6. The van der Waals surface area contributed by atoms with Gasteiger partial charge < -0.3 is 8.98 Å². The summed E-state index contributed by atoms with van der Waals surface area (Å²) >= 11 is 0. The predicted molar refractivity (Wildman–Crippen MR) is 208 cm³/mol. The summed E-state index contributed by atoms with van der Waals surface area (Å²) in [6.45, 7) is 13.8. The SMILES string of the molecule is CC(C)(C)c1ccc2c(c1)c1cc(C(C)(C)C)ccc1n2-c1ccc(-c2ccc3c4c5ccccc5oc4n(-c4ccccc4)c3c2)cc1. The number of fused-ring (bicyclic) bond motifs is 8. The van der Waals surface area contributed by atoms with Crippen molar-refractivity contribution in [1.82, 2.24) is 9.13 Å². The molecule has 0 saturated carbocycles. The number of para-hydroxylation sites is 2. The largest absolute Gasteiger partial charge is 0.439 e. The van der Waals surface area contributed by atoms with Crippen LogP contribution in [0.5, 0.6) is 0 Å². The lowest BCUT2D eigenvalue weighted by molar-refractivity contribution is 0.590. The molecule has 0 saturated heterocycles. The van der Waals surface area contributed by atoms with Crippen molar-refractivity contribution in [3.05, 3.63) is 145 Å². The molecule has 240 valence electrons. The number of nitrogens with zero attached hydrogens (tertiary/aromatic N) is 2. The van der Waals surface area contributed by atoms with Gasteiger partial charge in [0.2, 0.25) is 5.71 Å². The lowest BCUT2D eigenvalue weighted by atomic mass is 9.85. The third-order valence-electron chi connectivity index (χ3n) is 10.3. The second kappa shape index (κ2) is 10.5. The van der Waals surface area contributed by atoms with Crippen LogP contribution < -0.4 is 0 Å². The molecule has 0 atom stereocenters. The molecule has 0 aliphatic heterocycles. The molecule has 0 radical (unpaired) electrons. The molecule has 0 fully saturated rings. The van der Waals surface area contributed by atoms with Crippen LogP contribution in [-0.4, -0.2) is 9.13 Å². The number of rotatable bonds is 3. The van der Waals surface area contributed by atoms with E-state index in [1.807, 2.05) is 6.07 Å². The highest BCUT2D eigenvalue weighted by Gasteiger charge is 2.22. The van der Waals surface area contributed by atoms with Crippen LogP contribution in [0, 0.1) is 0 Å². The van der Waals surface area contributed by atoms with Gasteiger partial charge in [-0.25, -0.2) is 0 Å². The Kier molecular flexibility index (Phi) is 6.33. The normalized spacial score (nSPS) is 12.7. The second-order valence-electron chi connectivity index (χ2n) is 15.5. The van der Waals surface area contributed by atoms with E-state index in [-0.39, 0.29) is 10.8 Å². The van der Waals surface area contributed by atoms with Gasteiger partial charge in [-0.3, -0.25) is 4.57 Å². The minimum Gasteiger partial charge on any atom is -0.439 e. The average molecular weight is 637 g/mol. The van der Waals surface area contributed by atoms with Gasteiger partial charge in [0.05, 0.1) is 21.9 Å². The molecule has 6 aromatic carbocycles. The number of hydrogen-bond acceptors (Lipinski definition) is 1. The van der Waals surface area contributed by atoms with Gasteiger partial charge in [0.15, 0.2) is 0 Å². The molecule has 3 aromatic heterocycles. The Morgan fingerprint density at radius 1 is 0.429 bits per heavy atom. The van der Waals surface area contributed by atoms with Crippen LogP contribution >= 0.6 is 0 Å². The van der Waals surface area contributed by atoms with Crippen molar-refractivity contribution in [3.8, 4) is 22.5 Å². The zero-order chi connectivity index (χ0) is 33.7. The summed E-state index contributed by atoms with van der Waals surface area (Å²) in [7, 11) is 0. The van der Waals surface area contributed by atoms with E-state index in [9.17, 15) is 0 Å². The molecule has 0 spiro atoms. The molecule has 0 amide bonds. The van der Waals surface area contributed by atoms with Crippen molar-refractivity contribution in [2.45, 2.75) is 52.4 Å². The summed E-state index contributed by atoms with van der Waals surface area (Å²) in [4.78, 5) is 0. The van der Waals surface area contributed by atoms with E-state index in [2.05, 4.69) is 178 Å². The van der Waals surface area contributed by atoms with Crippen molar-refractivity contribution in [2.24, 2.45) is 0 Å². The van der Waals surface area contributed by atoms with E-state index in [4.69, 9.17) is 4.42 Å². The lowest BCUT2D eigenvalue weighted by Gasteiger charge is -2.19. The molecule has 3 heterocycles. The zero-order valence-corrected chi connectivity index (χ0v) is 29.0. The standard InChI is InChI=1S/C46H40N2O/c1-45(2,3)31-19-24-39-37(27-31)38-28-32(46(4,5)6)20-25-40(38)47(39)34-21-16-29(17-22-34)30-18-23-35-41(26-30)48(33-12-8-7-9-13-33)44-43(35)36-14-10-11-15-42(36)49-44/h7-28H,1-6H3. The summed E-state index contributed by atoms with van der Waals surface area (Å²) in [5, 5.41) is 6.11. The van der Waals surface area contributed by atoms with E-state index in [1.54, 1.807) is 0 Å². The quantitative estimate of drug-likeness (QED) is 0.189. The van der Waals surface area contributed by atoms with Crippen LogP contribution in [0.4, 0.5) is 0 Å². The van der Waals surface area contributed by atoms with Crippen molar-refractivity contribution in [1.29, 1.82) is 0 Å². The smallest absolute Gasteiger partial charge is 0.213 e. The summed E-state index contributed by atoms with van der Waals surface area (Å²) in [6, 6.07) is 48.8. The molecule has 3 nitrogen and oxygen atoms in total. The highest BCUT2D eigenvalue weighted by molar-refractivity contribution is 6.20. The van der Waals surface area contributed by atoms with Gasteiger partial charge >= 0.3 is 0 Å². The minimum atomic E-state index is 0.0724. The minimum absolute atomic E-state index is 0.0724. The van der Waals surface area contributed by atoms with E-state index in [0.717, 1.165) is 39.0 Å². The second-order valence-corrected chi connectivity index (χ2v) is 15.5. The molecule has 9 rings (SSSR count). The Hall–Kier alpha value is -5.54. The Morgan fingerprint density at radius 3 is 1.63 bits per heavy atom. The Balaban J connectivity index is 1.20. The number of hydrogen-bond donors (Lipinski definition) is 0. The molecule has 9 aromatic rings. The van der Waals surface area contributed by atoms with Gasteiger partial charge in [-0.05, 0) is 93.7 Å². The van der Waals surface area contributed by atoms with Crippen molar-refractivity contribution in [3.63, 3.8) is 0 Å². The highest BCUT2D eigenvalue weighted by atomic mass is 16.3. The molecule has 0 N–H and O–H groups in total. The van der Waals surface area contributed by atoms with E-state index in [0.29, 0.717) is 0 Å². The fourth-order valence-corrected chi connectivity index (χ4v) is 7.54. The van der Waals surface area contributed by atoms with Gasteiger partial charge in [-0.2, -0.15) is 0 Å². The van der Waals surface area contributed by atoms with Crippen LogP contribution in [0.2, 0.25) is 0 Å². The first kappa shape index (κ1) is 29.6. The fraction of sp³-hybridized carbons (Fsp3) is 0.174. The van der Waals surface area contributed by atoms with Gasteiger partial charge in [0, 0.05) is 32.9 Å². The highest BCUT2D eigenvalue weighted by Crippen LogP contribution is 2.41. The predicted octanol–water partition coefficient (Wildman–Crippen LogP) is 12.9. The molecular weight excluding hydrogens is 597 g/mol. The maximum absolute atomic E-state index is 6.51. The van der Waals surface area contributed by atoms with Crippen molar-refractivity contribution >= 4 is 54.8 Å². The molecule has 0 bridgehead atoms. The fourth-order valence-electron chi connectivity index (χ4n) is 7.54. The summed E-state index contributed by atoms with van der Waals surface area (Å²) in [5.74, 6) is 0. The van der Waals surface area contributed by atoms with Crippen LogP contribution in [0.15, 0.2) is 138 Å². The Bertz CT molecular complexity index is 2630. The summed E-state index contributed by atoms with van der Waals surface area (Å²) in [6.07, 6.45) is 0. The maximum atomic E-state index is 6.51.